The number of aliphatic hydroxyl groups excluding tert-OH is 1. The van der Waals surface area contributed by atoms with Crippen molar-refractivity contribution in [3.8, 4) is 0 Å². The minimum Gasteiger partial charge on any atom is -0.375 e. The zero-order chi connectivity index (χ0) is 19.8. The second-order valence-electron chi connectivity index (χ2n) is 6.25. The summed E-state index contributed by atoms with van der Waals surface area (Å²) < 4.78 is 54.3. The van der Waals surface area contributed by atoms with E-state index >= 15 is 4.39 Å². The van der Waals surface area contributed by atoms with Gasteiger partial charge >= 0.3 is 6.18 Å². The number of rotatable bonds is 4. The molecule has 0 radical (unpaired) electrons. The van der Waals surface area contributed by atoms with E-state index in [1.807, 2.05) is 0 Å². The molecule has 0 saturated carbocycles. The first-order chi connectivity index (χ1) is 12.6. The molecule has 0 fully saturated rings. The number of carbonyl (C=O) groups excluding carboxylic acids is 1. The van der Waals surface area contributed by atoms with Gasteiger partial charge in [-0.05, 0) is 24.1 Å². The van der Waals surface area contributed by atoms with Crippen LogP contribution in [0.3, 0.4) is 0 Å². The number of ketones is 1. The zero-order valence-electron chi connectivity index (χ0n) is 13.9. The Balaban J connectivity index is 1.82. The van der Waals surface area contributed by atoms with Gasteiger partial charge < -0.3 is 5.11 Å². The fourth-order valence-corrected chi connectivity index (χ4v) is 3.40. The standard InChI is InChI=1S/C18H15ClF4N2O2/c19-14-10(3-1-4-11(14)18(21,22)23)9-25-16(27)17(20)7-6-13(26)15-12(17)5-2-8-24-15/h1-5,8,16,25,27H,6-7,9H2. The number of alkyl halides is 4. The van der Waals surface area contributed by atoms with Gasteiger partial charge in [0.05, 0.1) is 10.6 Å². The fraction of sp³-hybridized carbons (Fsp3) is 0.333. The molecule has 2 N–H and O–H groups in total. The predicted molar refractivity (Wildman–Crippen MR) is 89.9 cm³/mol. The van der Waals surface area contributed by atoms with Crippen molar-refractivity contribution in [1.82, 2.24) is 10.3 Å². The van der Waals surface area contributed by atoms with Gasteiger partial charge in [0.25, 0.3) is 0 Å². The smallest absolute Gasteiger partial charge is 0.375 e. The Kier molecular flexibility index (Phi) is 5.24. The van der Waals surface area contributed by atoms with E-state index in [-0.39, 0.29) is 42.0 Å². The quantitative estimate of drug-likeness (QED) is 0.599. The van der Waals surface area contributed by atoms with Crippen molar-refractivity contribution in [2.75, 3.05) is 0 Å². The molecule has 0 bridgehead atoms. The summed E-state index contributed by atoms with van der Waals surface area (Å²) in [7, 11) is 0. The van der Waals surface area contributed by atoms with Crippen LogP contribution in [0, 0.1) is 0 Å². The van der Waals surface area contributed by atoms with Crippen molar-refractivity contribution in [3.63, 3.8) is 0 Å². The van der Waals surface area contributed by atoms with E-state index in [1.54, 1.807) is 0 Å². The normalized spacial score (nSPS) is 21.0. The first-order valence-electron chi connectivity index (χ1n) is 8.08. The number of pyridine rings is 1. The lowest BCUT2D eigenvalue weighted by Crippen LogP contribution is -2.48. The first-order valence-corrected chi connectivity index (χ1v) is 8.46. The minimum atomic E-state index is -4.62. The van der Waals surface area contributed by atoms with Crippen molar-refractivity contribution in [2.45, 2.75) is 37.5 Å². The highest BCUT2D eigenvalue weighted by Crippen LogP contribution is 2.40. The molecule has 1 aliphatic carbocycles. The predicted octanol–water partition coefficient (Wildman–Crippen LogP) is 4.00. The molecule has 0 saturated heterocycles. The van der Waals surface area contributed by atoms with Crippen LogP contribution >= 0.6 is 11.6 Å². The summed E-state index contributed by atoms with van der Waals surface area (Å²) in [6.45, 7) is -0.293. The first kappa shape index (κ1) is 19.7. The van der Waals surface area contributed by atoms with Gasteiger partial charge in [-0.3, -0.25) is 15.1 Å². The molecule has 2 unspecified atom stereocenters. The maximum Gasteiger partial charge on any atom is 0.417 e. The summed E-state index contributed by atoms with van der Waals surface area (Å²) in [5.41, 5.74) is -3.34. The number of halogens is 5. The third-order valence-corrected chi connectivity index (χ3v) is 4.99. The number of aromatic nitrogens is 1. The van der Waals surface area contributed by atoms with Crippen LogP contribution in [-0.2, 0) is 18.4 Å². The van der Waals surface area contributed by atoms with Crippen LogP contribution in [-0.4, -0.2) is 22.1 Å². The number of nitrogens with zero attached hydrogens (tertiary/aromatic N) is 1. The van der Waals surface area contributed by atoms with Crippen LogP contribution in [0.2, 0.25) is 5.02 Å². The molecule has 1 aromatic carbocycles. The molecule has 1 aromatic heterocycles. The number of nitrogens with one attached hydrogen (secondary N) is 1. The number of carbonyl (C=O) groups is 1. The molecule has 2 aromatic rings. The molecule has 3 rings (SSSR count). The van der Waals surface area contributed by atoms with Crippen LogP contribution in [0.25, 0.3) is 0 Å². The lowest BCUT2D eigenvalue weighted by atomic mass is 9.81. The Bertz CT molecular complexity index is 875. The minimum absolute atomic E-state index is 0.0450. The highest BCUT2D eigenvalue weighted by Gasteiger charge is 2.46. The molecule has 0 aliphatic heterocycles. The van der Waals surface area contributed by atoms with Gasteiger partial charge in [0.15, 0.2) is 11.5 Å². The molecular weight excluding hydrogens is 388 g/mol. The third kappa shape index (κ3) is 3.69. The van der Waals surface area contributed by atoms with Crippen molar-refractivity contribution >= 4 is 17.4 Å². The molecule has 27 heavy (non-hydrogen) atoms. The molecule has 2 atom stereocenters. The van der Waals surface area contributed by atoms with Gasteiger partial charge in [-0.15, -0.1) is 0 Å². The third-order valence-electron chi connectivity index (χ3n) is 4.54. The molecule has 9 heteroatoms. The van der Waals surface area contributed by atoms with E-state index in [2.05, 4.69) is 10.3 Å². The van der Waals surface area contributed by atoms with Crippen molar-refractivity contribution < 1.29 is 27.5 Å². The Labute approximate surface area is 157 Å². The summed E-state index contributed by atoms with van der Waals surface area (Å²) in [5.74, 6) is -0.327. The SMILES string of the molecule is O=C1CCC(F)(C(O)NCc2cccc(C(F)(F)F)c2Cl)c2cccnc21. The van der Waals surface area contributed by atoms with Crippen LogP contribution in [0.5, 0.6) is 0 Å². The molecule has 1 aliphatic rings. The average molecular weight is 403 g/mol. The lowest BCUT2D eigenvalue weighted by molar-refractivity contribution is -0.137. The topological polar surface area (TPSA) is 62.2 Å². The Hall–Kier alpha value is -2.03. The van der Waals surface area contributed by atoms with Crippen molar-refractivity contribution in [3.05, 3.63) is 63.9 Å². The lowest BCUT2D eigenvalue weighted by Gasteiger charge is -2.35. The highest BCUT2D eigenvalue weighted by molar-refractivity contribution is 6.32. The summed E-state index contributed by atoms with van der Waals surface area (Å²) in [5, 5.41) is 12.3. The molecule has 0 amide bonds. The summed E-state index contributed by atoms with van der Waals surface area (Å²) in [6, 6.07) is 6.18. The van der Waals surface area contributed by atoms with E-state index < -0.39 is 28.7 Å². The van der Waals surface area contributed by atoms with Crippen LogP contribution in [0.4, 0.5) is 17.6 Å². The number of Topliss-reactive ketones (excluding diaryl/α,β-unsaturated/α-hetero) is 1. The molecular formula is C18H15ClF4N2O2. The molecule has 4 nitrogen and oxygen atoms in total. The summed E-state index contributed by atoms with van der Waals surface area (Å²) in [4.78, 5) is 15.8. The van der Waals surface area contributed by atoms with Gasteiger partial charge in [-0.2, -0.15) is 13.2 Å². The summed E-state index contributed by atoms with van der Waals surface area (Å²) in [6.07, 6.45) is -5.44. The van der Waals surface area contributed by atoms with E-state index in [9.17, 15) is 23.1 Å². The monoisotopic (exact) mass is 402 g/mol. The van der Waals surface area contributed by atoms with Gasteiger partial charge in [-0.1, -0.05) is 29.8 Å². The fourth-order valence-electron chi connectivity index (χ4n) is 3.10. The van der Waals surface area contributed by atoms with E-state index in [1.165, 1.54) is 30.5 Å². The van der Waals surface area contributed by atoms with Gasteiger partial charge in [0.2, 0.25) is 0 Å². The Morgan fingerprint density at radius 2 is 2.04 bits per heavy atom. The average Bonchev–Trinajstić information content (AvgIpc) is 2.63. The maximum absolute atomic E-state index is 15.5. The van der Waals surface area contributed by atoms with Gasteiger partial charge in [0.1, 0.15) is 11.9 Å². The maximum atomic E-state index is 15.5. The van der Waals surface area contributed by atoms with Gasteiger partial charge in [-0.25, -0.2) is 4.39 Å². The zero-order valence-corrected chi connectivity index (χ0v) is 14.6. The Morgan fingerprint density at radius 3 is 2.74 bits per heavy atom. The number of hydrogen-bond acceptors (Lipinski definition) is 4. The van der Waals surface area contributed by atoms with Crippen molar-refractivity contribution in [1.29, 1.82) is 0 Å². The van der Waals surface area contributed by atoms with Crippen molar-refractivity contribution in [2.24, 2.45) is 0 Å². The van der Waals surface area contributed by atoms with Gasteiger partial charge in [0, 0.05) is 24.7 Å². The molecule has 1 heterocycles. The van der Waals surface area contributed by atoms with E-state index in [4.69, 9.17) is 11.6 Å². The molecule has 144 valence electrons. The number of aliphatic hydroxyl groups is 1. The largest absolute Gasteiger partial charge is 0.417 e. The van der Waals surface area contributed by atoms with E-state index in [0.717, 1.165) is 6.07 Å². The highest BCUT2D eigenvalue weighted by atomic mass is 35.5. The number of fused-ring (bicyclic) bond motifs is 1. The second-order valence-corrected chi connectivity index (χ2v) is 6.62. The van der Waals surface area contributed by atoms with Crippen LogP contribution in [0.1, 0.15) is 40.0 Å². The molecule has 0 spiro atoms. The second kappa shape index (κ2) is 7.18. The summed E-state index contributed by atoms with van der Waals surface area (Å²) >= 11 is 5.81. The Morgan fingerprint density at radius 1 is 1.30 bits per heavy atom. The van der Waals surface area contributed by atoms with Crippen LogP contribution < -0.4 is 5.32 Å². The number of benzene rings is 1. The number of hydrogen-bond donors (Lipinski definition) is 2. The van der Waals surface area contributed by atoms with Crippen LogP contribution in [0.15, 0.2) is 36.5 Å². The van der Waals surface area contributed by atoms with E-state index in [0.29, 0.717) is 0 Å².